The lowest BCUT2D eigenvalue weighted by Crippen LogP contribution is -2.38. The fraction of sp³-hybridized carbons (Fsp3) is 0.381. The van der Waals surface area contributed by atoms with Crippen molar-refractivity contribution in [1.29, 1.82) is 0 Å². The van der Waals surface area contributed by atoms with Crippen molar-refractivity contribution in [3.63, 3.8) is 0 Å². The van der Waals surface area contributed by atoms with Crippen LogP contribution in [0, 0.1) is 0 Å². The molecule has 2 aromatic carbocycles. The third kappa shape index (κ3) is 3.89. The molecule has 0 bridgehead atoms. The zero-order valence-electron chi connectivity index (χ0n) is 15.0. The van der Waals surface area contributed by atoms with Gasteiger partial charge in [-0.3, -0.25) is 9.69 Å². The third-order valence-corrected chi connectivity index (χ3v) is 5.11. The Kier molecular flexibility index (Phi) is 5.18. The number of benzene rings is 2. The average Bonchev–Trinajstić information content (AvgIpc) is 2.69. The quantitative estimate of drug-likeness (QED) is 0.919. The van der Waals surface area contributed by atoms with E-state index in [-0.39, 0.29) is 5.91 Å². The van der Waals surface area contributed by atoms with Gasteiger partial charge in [-0.05, 0) is 29.7 Å². The highest BCUT2D eigenvalue weighted by molar-refractivity contribution is 5.95. The van der Waals surface area contributed by atoms with Crippen LogP contribution in [0.3, 0.4) is 0 Å². The molecule has 26 heavy (non-hydrogen) atoms. The summed E-state index contributed by atoms with van der Waals surface area (Å²) in [7, 11) is 0. The summed E-state index contributed by atoms with van der Waals surface area (Å²) in [6.07, 6.45) is 1.01. The Morgan fingerprint density at radius 3 is 2.54 bits per heavy atom. The molecular weight excluding hydrogens is 326 g/mol. The Balaban J connectivity index is 1.40. The fourth-order valence-electron chi connectivity index (χ4n) is 3.74. The molecule has 1 amide bonds. The van der Waals surface area contributed by atoms with Crippen molar-refractivity contribution >= 4 is 17.3 Å². The van der Waals surface area contributed by atoms with Gasteiger partial charge in [0.25, 0.3) is 0 Å². The number of carbonyl (C=O) groups is 1. The highest BCUT2D eigenvalue weighted by Crippen LogP contribution is 2.26. The fourth-order valence-corrected chi connectivity index (χ4v) is 3.74. The maximum Gasteiger partial charge on any atom is 0.238 e. The average molecular weight is 351 g/mol. The SMILES string of the molecule is O=C(CN1CCc2ccccc2C1)Nc1ccccc1N1CCOCC1. The van der Waals surface area contributed by atoms with Crippen molar-refractivity contribution in [2.24, 2.45) is 0 Å². The maximum absolute atomic E-state index is 12.6. The topological polar surface area (TPSA) is 44.8 Å². The highest BCUT2D eigenvalue weighted by atomic mass is 16.5. The van der Waals surface area contributed by atoms with Crippen LogP contribution in [0.1, 0.15) is 11.1 Å². The number of morpholine rings is 1. The molecule has 2 aliphatic rings. The summed E-state index contributed by atoms with van der Waals surface area (Å²) in [4.78, 5) is 17.1. The van der Waals surface area contributed by atoms with E-state index in [2.05, 4.69) is 45.4 Å². The Morgan fingerprint density at radius 2 is 1.69 bits per heavy atom. The van der Waals surface area contributed by atoms with E-state index >= 15 is 0 Å². The summed E-state index contributed by atoms with van der Waals surface area (Å²) in [6, 6.07) is 16.5. The molecule has 0 radical (unpaired) electrons. The molecule has 0 spiro atoms. The Bertz CT molecular complexity index is 771. The molecule has 136 valence electrons. The van der Waals surface area contributed by atoms with Crippen molar-refractivity contribution < 1.29 is 9.53 Å². The molecule has 0 unspecified atom stereocenters. The summed E-state index contributed by atoms with van der Waals surface area (Å²) in [5.74, 6) is 0.0464. The van der Waals surface area contributed by atoms with Gasteiger partial charge in [0.15, 0.2) is 0 Å². The second-order valence-corrected chi connectivity index (χ2v) is 6.89. The van der Waals surface area contributed by atoms with Gasteiger partial charge in [-0.25, -0.2) is 0 Å². The van der Waals surface area contributed by atoms with Crippen molar-refractivity contribution in [3.8, 4) is 0 Å². The van der Waals surface area contributed by atoms with E-state index in [0.717, 1.165) is 57.2 Å². The third-order valence-electron chi connectivity index (χ3n) is 5.11. The molecule has 0 atom stereocenters. The van der Waals surface area contributed by atoms with E-state index < -0.39 is 0 Å². The first kappa shape index (κ1) is 17.1. The Labute approximate surface area is 154 Å². The van der Waals surface area contributed by atoms with Crippen molar-refractivity contribution in [2.45, 2.75) is 13.0 Å². The molecule has 5 heteroatoms. The lowest BCUT2D eigenvalue weighted by Gasteiger charge is -2.31. The zero-order chi connectivity index (χ0) is 17.8. The number of para-hydroxylation sites is 2. The van der Waals surface area contributed by atoms with Gasteiger partial charge in [0.05, 0.1) is 31.1 Å². The molecule has 0 aliphatic carbocycles. The van der Waals surface area contributed by atoms with Crippen LogP contribution in [0.25, 0.3) is 0 Å². The van der Waals surface area contributed by atoms with Gasteiger partial charge in [-0.15, -0.1) is 0 Å². The van der Waals surface area contributed by atoms with Crippen LogP contribution in [-0.2, 0) is 22.5 Å². The number of hydrogen-bond acceptors (Lipinski definition) is 4. The van der Waals surface area contributed by atoms with Crippen LogP contribution in [0.5, 0.6) is 0 Å². The largest absolute Gasteiger partial charge is 0.378 e. The molecule has 1 N–H and O–H groups in total. The minimum absolute atomic E-state index is 0.0464. The number of amides is 1. The summed E-state index contributed by atoms with van der Waals surface area (Å²) in [6.45, 7) is 5.37. The number of hydrogen-bond donors (Lipinski definition) is 1. The van der Waals surface area contributed by atoms with Crippen LogP contribution >= 0.6 is 0 Å². The second kappa shape index (κ2) is 7.89. The first-order valence-electron chi connectivity index (χ1n) is 9.30. The number of anilines is 2. The Hall–Kier alpha value is -2.37. The van der Waals surface area contributed by atoms with Crippen LogP contribution < -0.4 is 10.2 Å². The van der Waals surface area contributed by atoms with Crippen molar-refractivity contribution in [1.82, 2.24) is 4.90 Å². The lowest BCUT2D eigenvalue weighted by atomic mass is 10.00. The summed E-state index contributed by atoms with van der Waals surface area (Å²) < 4.78 is 5.44. The minimum Gasteiger partial charge on any atom is -0.378 e. The smallest absolute Gasteiger partial charge is 0.238 e. The molecule has 1 saturated heterocycles. The van der Waals surface area contributed by atoms with Gasteiger partial charge in [0.1, 0.15) is 0 Å². The van der Waals surface area contributed by atoms with E-state index in [9.17, 15) is 4.79 Å². The van der Waals surface area contributed by atoms with Gasteiger partial charge < -0.3 is 15.0 Å². The minimum atomic E-state index is 0.0464. The molecule has 2 heterocycles. The molecule has 2 aromatic rings. The van der Waals surface area contributed by atoms with Gasteiger partial charge >= 0.3 is 0 Å². The lowest BCUT2D eigenvalue weighted by molar-refractivity contribution is -0.117. The predicted molar refractivity (Wildman–Crippen MR) is 104 cm³/mol. The second-order valence-electron chi connectivity index (χ2n) is 6.89. The standard InChI is InChI=1S/C21H25N3O2/c25-21(16-23-10-9-17-5-1-2-6-18(17)15-23)22-19-7-3-4-8-20(19)24-11-13-26-14-12-24/h1-8H,9-16H2,(H,22,25). The monoisotopic (exact) mass is 351 g/mol. The number of fused-ring (bicyclic) bond motifs is 1. The summed E-state index contributed by atoms with van der Waals surface area (Å²) >= 11 is 0. The molecular formula is C21H25N3O2. The summed E-state index contributed by atoms with van der Waals surface area (Å²) in [5.41, 5.74) is 4.70. The number of carbonyl (C=O) groups excluding carboxylic acids is 1. The van der Waals surface area contributed by atoms with Gasteiger partial charge in [0.2, 0.25) is 5.91 Å². The number of nitrogens with zero attached hydrogens (tertiary/aromatic N) is 2. The molecule has 1 fully saturated rings. The Morgan fingerprint density at radius 1 is 0.962 bits per heavy atom. The van der Waals surface area contributed by atoms with Gasteiger partial charge in [-0.1, -0.05) is 36.4 Å². The molecule has 2 aliphatic heterocycles. The van der Waals surface area contributed by atoms with E-state index in [4.69, 9.17) is 4.74 Å². The first-order chi connectivity index (χ1) is 12.8. The number of rotatable bonds is 4. The first-order valence-corrected chi connectivity index (χ1v) is 9.30. The highest BCUT2D eigenvalue weighted by Gasteiger charge is 2.20. The normalized spacial score (nSPS) is 17.6. The summed E-state index contributed by atoms with van der Waals surface area (Å²) in [5, 5.41) is 3.12. The molecule has 0 saturated carbocycles. The molecule has 0 aromatic heterocycles. The van der Waals surface area contributed by atoms with Crippen LogP contribution in [0.15, 0.2) is 48.5 Å². The van der Waals surface area contributed by atoms with E-state index in [1.54, 1.807) is 0 Å². The van der Waals surface area contributed by atoms with E-state index in [1.165, 1.54) is 11.1 Å². The van der Waals surface area contributed by atoms with Crippen molar-refractivity contribution in [2.75, 3.05) is 49.6 Å². The predicted octanol–water partition coefficient (Wildman–Crippen LogP) is 2.52. The number of nitrogens with one attached hydrogen (secondary N) is 1. The van der Waals surface area contributed by atoms with E-state index in [1.807, 2.05) is 18.2 Å². The molecule has 5 nitrogen and oxygen atoms in total. The number of ether oxygens (including phenoxy) is 1. The van der Waals surface area contributed by atoms with E-state index in [0.29, 0.717) is 6.54 Å². The molecule has 4 rings (SSSR count). The van der Waals surface area contributed by atoms with Crippen molar-refractivity contribution in [3.05, 3.63) is 59.7 Å². The van der Waals surface area contributed by atoms with Gasteiger partial charge in [0, 0.05) is 26.2 Å². The van der Waals surface area contributed by atoms with Crippen LogP contribution in [0.2, 0.25) is 0 Å². The van der Waals surface area contributed by atoms with Crippen LogP contribution in [0.4, 0.5) is 11.4 Å². The maximum atomic E-state index is 12.6. The van der Waals surface area contributed by atoms with Crippen LogP contribution in [-0.4, -0.2) is 50.2 Å². The zero-order valence-corrected chi connectivity index (χ0v) is 15.0. The van der Waals surface area contributed by atoms with Gasteiger partial charge in [-0.2, -0.15) is 0 Å².